The van der Waals surface area contributed by atoms with Crippen LogP contribution >= 0.6 is 11.6 Å². The summed E-state index contributed by atoms with van der Waals surface area (Å²) in [6.07, 6.45) is 6.47. The number of nitrogens with two attached hydrogens (primary N) is 1. The molecule has 0 aliphatic rings. The predicted molar refractivity (Wildman–Crippen MR) is 86.4 cm³/mol. The van der Waals surface area contributed by atoms with Crippen molar-refractivity contribution in [3.63, 3.8) is 0 Å². The summed E-state index contributed by atoms with van der Waals surface area (Å²) in [5.41, 5.74) is 7.24. The largest absolute Gasteiger partial charge is 0.409 e. The molecule has 23 heavy (non-hydrogen) atoms. The van der Waals surface area contributed by atoms with Crippen LogP contribution in [-0.4, -0.2) is 30.8 Å². The monoisotopic (exact) mass is 329 g/mol. The first-order chi connectivity index (χ1) is 11.2. The number of nitrogens with zero attached hydrogens (tertiary/aromatic N) is 5. The number of hydrogen-bond donors (Lipinski definition) is 3. The van der Waals surface area contributed by atoms with Gasteiger partial charge in [-0.3, -0.25) is 4.98 Å². The summed E-state index contributed by atoms with van der Waals surface area (Å²) in [5.74, 6) is 0.546. The zero-order valence-corrected chi connectivity index (χ0v) is 12.5. The van der Waals surface area contributed by atoms with E-state index in [-0.39, 0.29) is 5.84 Å². The summed E-state index contributed by atoms with van der Waals surface area (Å²) in [5, 5.41) is 19.7. The van der Waals surface area contributed by atoms with Crippen LogP contribution in [0.5, 0.6) is 0 Å². The third-order valence-corrected chi connectivity index (χ3v) is 3.19. The second-order valence-electron chi connectivity index (χ2n) is 4.52. The number of halogens is 1. The molecule has 0 amide bonds. The average molecular weight is 330 g/mol. The number of pyridine rings is 2. The molecule has 3 aromatic heterocycles. The lowest BCUT2D eigenvalue weighted by Crippen LogP contribution is -2.16. The Hall–Kier alpha value is -3.13. The van der Waals surface area contributed by atoms with Crippen molar-refractivity contribution in [3.8, 4) is 5.82 Å². The Kier molecular flexibility index (Phi) is 4.07. The summed E-state index contributed by atoms with van der Waals surface area (Å²) in [6.45, 7) is 0. The zero-order valence-electron chi connectivity index (χ0n) is 11.8. The minimum absolute atomic E-state index is 0.0835. The SMILES string of the molecule is NC(=NO)c1ncccc1Nc1cnn(-c2ccc(Cl)cn2)c1. The van der Waals surface area contributed by atoms with Crippen LogP contribution in [0.4, 0.5) is 11.4 Å². The zero-order chi connectivity index (χ0) is 16.2. The van der Waals surface area contributed by atoms with Gasteiger partial charge in [-0.25, -0.2) is 9.67 Å². The van der Waals surface area contributed by atoms with Crippen LogP contribution in [0, 0.1) is 0 Å². The molecule has 0 atom stereocenters. The van der Waals surface area contributed by atoms with Crippen molar-refractivity contribution >= 4 is 28.8 Å². The van der Waals surface area contributed by atoms with Gasteiger partial charge in [0, 0.05) is 12.4 Å². The topological polar surface area (TPSA) is 114 Å². The Morgan fingerprint density at radius 3 is 2.87 bits per heavy atom. The Bertz CT molecular complexity index is 844. The number of rotatable bonds is 4. The maximum absolute atomic E-state index is 8.81. The van der Waals surface area contributed by atoms with Gasteiger partial charge in [0.25, 0.3) is 0 Å². The van der Waals surface area contributed by atoms with E-state index in [2.05, 4.69) is 25.5 Å². The normalized spacial score (nSPS) is 11.4. The fourth-order valence-electron chi connectivity index (χ4n) is 1.93. The van der Waals surface area contributed by atoms with Crippen molar-refractivity contribution in [3.05, 3.63) is 59.8 Å². The molecular formula is C14H12ClN7O. The third kappa shape index (κ3) is 3.22. The van der Waals surface area contributed by atoms with Crippen LogP contribution in [0.3, 0.4) is 0 Å². The van der Waals surface area contributed by atoms with E-state index < -0.39 is 0 Å². The number of nitrogens with one attached hydrogen (secondary N) is 1. The van der Waals surface area contributed by atoms with E-state index in [1.54, 1.807) is 53.7 Å². The van der Waals surface area contributed by atoms with Gasteiger partial charge in [0.2, 0.25) is 0 Å². The van der Waals surface area contributed by atoms with Gasteiger partial charge in [0.05, 0.1) is 28.8 Å². The molecular weight excluding hydrogens is 318 g/mol. The van der Waals surface area contributed by atoms with Gasteiger partial charge in [-0.1, -0.05) is 16.8 Å². The van der Waals surface area contributed by atoms with E-state index >= 15 is 0 Å². The Morgan fingerprint density at radius 1 is 1.26 bits per heavy atom. The average Bonchev–Trinajstić information content (AvgIpc) is 3.04. The summed E-state index contributed by atoms with van der Waals surface area (Å²) in [7, 11) is 0. The highest BCUT2D eigenvalue weighted by Gasteiger charge is 2.10. The Labute approximate surface area is 136 Å². The third-order valence-electron chi connectivity index (χ3n) is 2.97. The molecule has 0 saturated heterocycles. The molecule has 0 spiro atoms. The Balaban J connectivity index is 1.87. The lowest BCUT2D eigenvalue weighted by molar-refractivity contribution is 0.318. The molecule has 0 aliphatic heterocycles. The first-order valence-electron chi connectivity index (χ1n) is 6.54. The molecule has 0 radical (unpaired) electrons. The van der Waals surface area contributed by atoms with Gasteiger partial charge in [-0.2, -0.15) is 5.10 Å². The minimum Gasteiger partial charge on any atom is -0.409 e. The van der Waals surface area contributed by atoms with Crippen LogP contribution < -0.4 is 11.1 Å². The van der Waals surface area contributed by atoms with Crippen LogP contribution in [-0.2, 0) is 0 Å². The molecule has 0 fully saturated rings. The van der Waals surface area contributed by atoms with Crippen LogP contribution in [0.1, 0.15) is 5.69 Å². The second-order valence-corrected chi connectivity index (χ2v) is 4.95. The first-order valence-corrected chi connectivity index (χ1v) is 6.91. The van der Waals surface area contributed by atoms with Crippen molar-refractivity contribution in [1.82, 2.24) is 19.7 Å². The predicted octanol–water partition coefficient (Wildman–Crippen LogP) is 2.15. The van der Waals surface area contributed by atoms with Crippen LogP contribution in [0.2, 0.25) is 5.02 Å². The molecule has 4 N–H and O–H groups in total. The highest BCUT2D eigenvalue weighted by atomic mass is 35.5. The van der Waals surface area contributed by atoms with Crippen molar-refractivity contribution in [2.45, 2.75) is 0 Å². The van der Waals surface area contributed by atoms with E-state index in [0.717, 1.165) is 0 Å². The summed E-state index contributed by atoms with van der Waals surface area (Å²) >= 11 is 5.82. The van der Waals surface area contributed by atoms with Gasteiger partial charge >= 0.3 is 0 Å². The molecule has 0 saturated carbocycles. The summed E-state index contributed by atoms with van der Waals surface area (Å²) < 4.78 is 1.60. The van der Waals surface area contributed by atoms with Gasteiger partial charge in [-0.15, -0.1) is 0 Å². The van der Waals surface area contributed by atoms with E-state index in [0.29, 0.717) is 27.9 Å². The van der Waals surface area contributed by atoms with Crippen molar-refractivity contribution in [1.29, 1.82) is 0 Å². The van der Waals surface area contributed by atoms with Crippen LogP contribution in [0.25, 0.3) is 5.82 Å². The molecule has 3 rings (SSSR count). The fraction of sp³-hybridized carbons (Fsp3) is 0. The van der Waals surface area contributed by atoms with Crippen molar-refractivity contribution < 1.29 is 5.21 Å². The van der Waals surface area contributed by atoms with Crippen LogP contribution in [0.15, 0.2) is 54.2 Å². The van der Waals surface area contributed by atoms with Crippen molar-refractivity contribution in [2.75, 3.05) is 5.32 Å². The highest BCUT2D eigenvalue weighted by Crippen LogP contribution is 2.19. The standard InChI is InChI=1S/C14H12ClN7O/c15-9-3-4-12(18-6-9)22-8-10(7-19-22)20-11-2-1-5-17-13(11)14(16)21-23/h1-8,20,23H,(H2,16,21). The molecule has 8 nitrogen and oxygen atoms in total. The molecule has 0 aromatic carbocycles. The van der Waals surface area contributed by atoms with Gasteiger partial charge in [-0.05, 0) is 24.3 Å². The second kappa shape index (κ2) is 6.32. The molecule has 0 unspecified atom stereocenters. The quantitative estimate of drug-likeness (QED) is 0.292. The summed E-state index contributed by atoms with van der Waals surface area (Å²) in [6, 6.07) is 6.99. The molecule has 9 heteroatoms. The first kappa shape index (κ1) is 14.8. The van der Waals surface area contributed by atoms with E-state index in [4.69, 9.17) is 22.5 Å². The molecule has 116 valence electrons. The number of aromatic nitrogens is 4. The maximum Gasteiger partial charge on any atom is 0.190 e. The van der Waals surface area contributed by atoms with E-state index in [1.807, 2.05) is 0 Å². The maximum atomic E-state index is 8.81. The minimum atomic E-state index is -0.0835. The molecule has 3 heterocycles. The molecule has 0 aliphatic carbocycles. The highest BCUT2D eigenvalue weighted by molar-refractivity contribution is 6.30. The lowest BCUT2D eigenvalue weighted by Gasteiger charge is -2.07. The number of oxime groups is 1. The summed E-state index contributed by atoms with van der Waals surface area (Å²) in [4.78, 5) is 8.27. The number of anilines is 2. The number of amidine groups is 1. The smallest absolute Gasteiger partial charge is 0.190 e. The molecule has 0 bridgehead atoms. The van der Waals surface area contributed by atoms with Crippen molar-refractivity contribution in [2.24, 2.45) is 10.9 Å². The van der Waals surface area contributed by atoms with Gasteiger partial charge in [0.15, 0.2) is 11.7 Å². The van der Waals surface area contributed by atoms with E-state index in [9.17, 15) is 0 Å². The lowest BCUT2D eigenvalue weighted by atomic mass is 10.2. The molecule has 3 aromatic rings. The van der Waals surface area contributed by atoms with Gasteiger partial charge in [0.1, 0.15) is 5.69 Å². The number of hydrogen-bond acceptors (Lipinski definition) is 6. The van der Waals surface area contributed by atoms with Gasteiger partial charge < -0.3 is 16.3 Å². The van der Waals surface area contributed by atoms with E-state index in [1.165, 1.54) is 0 Å². The Morgan fingerprint density at radius 2 is 2.13 bits per heavy atom. The fourth-order valence-corrected chi connectivity index (χ4v) is 2.04.